The molecule has 1 aliphatic heterocycles. The second kappa shape index (κ2) is 9.84. The molecule has 1 amide bonds. The smallest absolute Gasteiger partial charge is 0.414 e. The molecule has 0 saturated heterocycles. The number of aromatic nitrogens is 2. The van der Waals surface area contributed by atoms with Gasteiger partial charge in [0, 0.05) is 31.2 Å². The van der Waals surface area contributed by atoms with Crippen LogP contribution >= 0.6 is 0 Å². The first-order valence-electron chi connectivity index (χ1n) is 12.8. The fraction of sp³-hybridized carbons (Fsp3) is 0.464. The molecule has 1 aliphatic carbocycles. The van der Waals surface area contributed by atoms with Crippen molar-refractivity contribution in [3.05, 3.63) is 53.6 Å². The highest BCUT2D eigenvalue weighted by molar-refractivity contribution is 5.96. The van der Waals surface area contributed by atoms with E-state index in [-0.39, 0.29) is 24.1 Å². The summed E-state index contributed by atoms with van der Waals surface area (Å²) in [6, 6.07) is 14.4. The van der Waals surface area contributed by atoms with E-state index >= 15 is 0 Å². The van der Waals surface area contributed by atoms with Crippen molar-refractivity contribution in [1.29, 1.82) is 0 Å². The number of aliphatic carboxylic acids is 1. The molecule has 2 aromatic carbocycles. The predicted octanol–water partition coefficient (Wildman–Crippen LogP) is 5.40. The van der Waals surface area contributed by atoms with Crippen molar-refractivity contribution in [2.75, 3.05) is 24.0 Å². The zero-order valence-corrected chi connectivity index (χ0v) is 21.2. The minimum absolute atomic E-state index is 0.0411. The van der Waals surface area contributed by atoms with Gasteiger partial charge in [-0.2, -0.15) is 0 Å². The third-order valence-electron chi connectivity index (χ3n) is 7.77. The Hall–Kier alpha value is -3.55. The number of rotatable bonds is 5. The number of methoxy groups -OCH3 is 1. The monoisotopic (exact) mass is 490 g/mol. The standard InChI is InChI=1S/C28H34N4O4/c1-18-12-13-22-23(31(18)28(35)36-3)14-15-24-25(22)29-27(30(2)17-19-8-5-4-6-9-19)32(24)21-11-7-10-20(16-21)26(33)34/h4-6,8-9,14-15,18,20-21H,7,10-13,16-17H2,1-3H3,(H,33,34)/t18-,20+,21+/m0/s1. The lowest BCUT2D eigenvalue weighted by Gasteiger charge is -2.34. The van der Waals surface area contributed by atoms with E-state index in [1.807, 2.05) is 44.3 Å². The number of nitrogens with zero attached hydrogens (tertiary/aromatic N) is 4. The van der Waals surface area contributed by atoms with Crippen LogP contribution in [0.1, 0.15) is 56.2 Å². The van der Waals surface area contributed by atoms with Crippen molar-refractivity contribution in [1.82, 2.24) is 9.55 Å². The van der Waals surface area contributed by atoms with Crippen LogP contribution < -0.4 is 9.80 Å². The van der Waals surface area contributed by atoms with E-state index in [1.54, 1.807) is 4.90 Å². The summed E-state index contributed by atoms with van der Waals surface area (Å²) in [4.78, 5) is 33.5. The SMILES string of the molecule is COC(=O)N1c2ccc3c(nc(N(C)Cc4ccccc4)n3[C@@H]3CCC[C@@H](C(=O)O)C3)c2CC[C@@H]1C. The van der Waals surface area contributed by atoms with Crippen LogP contribution in [0.5, 0.6) is 0 Å². The summed E-state index contributed by atoms with van der Waals surface area (Å²) in [7, 11) is 3.45. The van der Waals surface area contributed by atoms with E-state index in [2.05, 4.69) is 21.6 Å². The van der Waals surface area contributed by atoms with Crippen molar-refractivity contribution in [3.8, 4) is 0 Å². The minimum atomic E-state index is -0.719. The Balaban J connectivity index is 1.64. The summed E-state index contributed by atoms with van der Waals surface area (Å²) in [6.45, 7) is 2.72. The molecule has 0 radical (unpaired) electrons. The number of fused-ring (bicyclic) bond motifs is 3. The first-order valence-corrected chi connectivity index (χ1v) is 12.8. The Morgan fingerprint density at radius 1 is 1.14 bits per heavy atom. The van der Waals surface area contributed by atoms with E-state index < -0.39 is 5.97 Å². The molecule has 190 valence electrons. The zero-order valence-electron chi connectivity index (χ0n) is 21.2. The van der Waals surface area contributed by atoms with Crippen molar-refractivity contribution in [2.45, 2.75) is 64.1 Å². The molecular formula is C28H34N4O4. The number of carboxylic acids is 1. The molecule has 2 aliphatic rings. The fourth-order valence-electron chi connectivity index (χ4n) is 5.94. The van der Waals surface area contributed by atoms with Gasteiger partial charge in [-0.15, -0.1) is 0 Å². The Labute approximate surface area is 211 Å². The number of benzene rings is 2. The lowest BCUT2D eigenvalue weighted by Crippen LogP contribution is -2.42. The molecule has 8 heteroatoms. The number of imidazole rings is 1. The second-order valence-electron chi connectivity index (χ2n) is 10.1. The molecule has 0 bridgehead atoms. The summed E-state index contributed by atoms with van der Waals surface area (Å²) < 4.78 is 7.35. The molecule has 36 heavy (non-hydrogen) atoms. The predicted molar refractivity (Wildman–Crippen MR) is 140 cm³/mol. The van der Waals surface area contributed by atoms with Gasteiger partial charge < -0.3 is 19.3 Å². The number of carbonyl (C=O) groups excluding carboxylic acids is 1. The highest BCUT2D eigenvalue weighted by Crippen LogP contribution is 2.42. The fourth-order valence-corrected chi connectivity index (χ4v) is 5.94. The highest BCUT2D eigenvalue weighted by atomic mass is 16.5. The Bertz CT molecular complexity index is 1270. The summed E-state index contributed by atoms with van der Waals surface area (Å²) in [5, 5.41) is 9.74. The van der Waals surface area contributed by atoms with Crippen LogP contribution in [0.2, 0.25) is 0 Å². The highest BCUT2D eigenvalue weighted by Gasteiger charge is 2.34. The van der Waals surface area contributed by atoms with E-state index in [4.69, 9.17) is 9.72 Å². The number of amides is 1. The van der Waals surface area contributed by atoms with Crippen LogP contribution in [0, 0.1) is 5.92 Å². The summed E-state index contributed by atoms with van der Waals surface area (Å²) in [6.07, 6.45) is 4.40. The number of aryl methyl sites for hydroxylation is 1. The van der Waals surface area contributed by atoms with Gasteiger partial charge in [0.2, 0.25) is 5.95 Å². The molecule has 0 unspecified atom stereocenters. The van der Waals surface area contributed by atoms with Gasteiger partial charge in [-0.3, -0.25) is 9.69 Å². The molecule has 3 aromatic rings. The zero-order chi connectivity index (χ0) is 25.4. The van der Waals surface area contributed by atoms with Crippen molar-refractivity contribution in [3.63, 3.8) is 0 Å². The third-order valence-corrected chi connectivity index (χ3v) is 7.77. The van der Waals surface area contributed by atoms with Gasteiger partial charge in [0.15, 0.2) is 0 Å². The third kappa shape index (κ3) is 4.29. The summed E-state index contributed by atoms with van der Waals surface area (Å²) in [5.41, 5.74) is 4.97. The van der Waals surface area contributed by atoms with Gasteiger partial charge in [0.25, 0.3) is 0 Å². The van der Waals surface area contributed by atoms with E-state index in [1.165, 1.54) is 12.7 Å². The van der Waals surface area contributed by atoms with Gasteiger partial charge in [0.1, 0.15) is 0 Å². The van der Waals surface area contributed by atoms with Crippen molar-refractivity contribution >= 4 is 34.7 Å². The Morgan fingerprint density at radius 3 is 2.64 bits per heavy atom. The number of anilines is 2. The average molecular weight is 491 g/mol. The largest absolute Gasteiger partial charge is 0.481 e. The molecule has 1 N–H and O–H groups in total. The van der Waals surface area contributed by atoms with Gasteiger partial charge in [-0.05, 0) is 56.7 Å². The summed E-state index contributed by atoms with van der Waals surface area (Å²) in [5.74, 6) is -0.230. The number of ether oxygens (including phenoxy) is 1. The van der Waals surface area contributed by atoms with Gasteiger partial charge in [-0.25, -0.2) is 9.78 Å². The molecule has 1 fully saturated rings. The van der Waals surface area contributed by atoms with Crippen LogP contribution in [-0.4, -0.2) is 46.9 Å². The van der Waals surface area contributed by atoms with Gasteiger partial charge in [-0.1, -0.05) is 36.8 Å². The first kappa shape index (κ1) is 24.2. The van der Waals surface area contributed by atoms with Crippen LogP contribution in [-0.2, 0) is 22.5 Å². The Kier molecular flexibility index (Phi) is 6.60. The normalized spacial score (nSPS) is 21.8. The number of carboxylic acid groups (broad SMARTS) is 1. The molecule has 0 spiro atoms. The molecule has 1 saturated carbocycles. The minimum Gasteiger partial charge on any atom is -0.481 e. The molecule has 2 heterocycles. The van der Waals surface area contributed by atoms with E-state index in [0.29, 0.717) is 13.0 Å². The quantitative estimate of drug-likeness (QED) is 0.516. The number of hydrogen-bond acceptors (Lipinski definition) is 5. The van der Waals surface area contributed by atoms with E-state index in [9.17, 15) is 14.7 Å². The summed E-state index contributed by atoms with van der Waals surface area (Å²) >= 11 is 0. The van der Waals surface area contributed by atoms with Crippen molar-refractivity contribution < 1.29 is 19.4 Å². The first-order chi connectivity index (χ1) is 17.4. The van der Waals surface area contributed by atoms with Crippen LogP contribution in [0.4, 0.5) is 16.4 Å². The molecule has 1 aromatic heterocycles. The average Bonchev–Trinajstić information content (AvgIpc) is 3.29. The van der Waals surface area contributed by atoms with Crippen LogP contribution in [0.15, 0.2) is 42.5 Å². The number of carbonyl (C=O) groups is 2. The van der Waals surface area contributed by atoms with Crippen LogP contribution in [0.25, 0.3) is 11.0 Å². The maximum Gasteiger partial charge on any atom is 0.414 e. The molecule has 3 atom stereocenters. The maximum atomic E-state index is 12.6. The van der Waals surface area contributed by atoms with Gasteiger partial charge >= 0.3 is 12.1 Å². The van der Waals surface area contributed by atoms with Crippen molar-refractivity contribution in [2.24, 2.45) is 5.92 Å². The molecule has 8 nitrogen and oxygen atoms in total. The molecular weight excluding hydrogens is 456 g/mol. The number of hydrogen-bond donors (Lipinski definition) is 1. The maximum absolute atomic E-state index is 12.6. The lowest BCUT2D eigenvalue weighted by molar-refractivity contribution is -0.143. The second-order valence-corrected chi connectivity index (χ2v) is 10.1. The molecule has 5 rings (SSSR count). The van der Waals surface area contributed by atoms with Crippen LogP contribution in [0.3, 0.4) is 0 Å². The lowest BCUT2D eigenvalue weighted by atomic mass is 9.85. The Morgan fingerprint density at radius 2 is 1.92 bits per heavy atom. The van der Waals surface area contributed by atoms with Gasteiger partial charge in [0.05, 0.1) is 29.7 Å². The van der Waals surface area contributed by atoms with E-state index in [0.717, 1.165) is 60.3 Å². The topological polar surface area (TPSA) is 87.9 Å².